The first-order valence-corrected chi connectivity index (χ1v) is 8.48. The summed E-state index contributed by atoms with van der Waals surface area (Å²) in [6.07, 6.45) is 0. The number of hydrogen-bond acceptors (Lipinski definition) is 5. The summed E-state index contributed by atoms with van der Waals surface area (Å²) < 4.78 is 2.26. The van der Waals surface area contributed by atoms with Gasteiger partial charge in [-0.05, 0) is 19.1 Å². The van der Waals surface area contributed by atoms with Gasteiger partial charge in [0.25, 0.3) is 0 Å². The molecule has 24 heavy (non-hydrogen) atoms. The number of rotatable bonds is 3. The largest absolute Gasteiger partial charge is 0.312 e. The Bertz CT molecular complexity index is 882. The molecular formula is C18H22N6. The highest BCUT2D eigenvalue weighted by molar-refractivity contribution is 5.74. The zero-order valence-corrected chi connectivity index (χ0v) is 14.4. The lowest BCUT2D eigenvalue weighted by molar-refractivity contribution is 0.204. The quantitative estimate of drug-likeness (QED) is 0.742. The molecular weight excluding hydrogens is 300 g/mol. The van der Waals surface area contributed by atoms with Crippen LogP contribution in [0.25, 0.3) is 11.0 Å². The van der Waals surface area contributed by atoms with Crippen molar-refractivity contribution in [2.24, 2.45) is 0 Å². The smallest absolute Gasteiger partial charge is 0.147 e. The van der Waals surface area contributed by atoms with Crippen molar-refractivity contribution in [2.75, 3.05) is 6.54 Å². The zero-order chi connectivity index (χ0) is 16.7. The zero-order valence-electron chi connectivity index (χ0n) is 14.4. The molecule has 1 aromatic carbocycles. The van der Waals surface area contributed by atoms with Gasteiger partial charge in [-0.15, -0.1) is 10.2 Å². The van der Waals surface area contributed by atoms with Crippen LogP contribution < -0.4 is 0 Å². The molecule has 0 N–H and O–H groups in total. The van der Waals surface area contributed by atoms with Crippen LogP contribution in [-0.2, 0) is 19.6 Å². The minimum atomic E-state index is 0.409. The molecule has 0 fully saturated rings. The maximum Gasteiger partial charge on any atom is 0.147 e. The first-order chi connectivity index (χ1) is 11.6. The third-order valence-electron chi connectivity index (χ3n) is 4.59. The fraction of sp³-hybridized carbons (Fsp3) is 0.444. The summed E-state index contributed by atoms with van der Waals surface area (Å²) in [6, 6.07) is 8.04. The van der Waals surface area contributed by atoms with Crippen molar-refractivity contribution < 1.29 is 0 Å². The van der Waals surface area contributed by atoms with Gasteiger partial charge in [-0.2, -0.15) is 0 Å². The van der Waals surface area contributed by atoms with Gasteiger partial charge in [-0.25, -0.2) is 9.97 Å². The Morgan fingerprint density at radius 3 is 2.54 bits per heavy atom. The Labute approximate surface area is 141 Å². The van der Waals surface area contributed by atoms with Crippen LogP contribution in [0.4, 0.5) is 0 Å². The minimum absolute atomic E-state index is 0.409. The van der Waals surface area contributed by atoms with Gasteiger partial charge in [0.15, 0.2) is 0 Å². The second-order valence-corrected chi connectivity index (χ2v) is 6.74. The standard InChI is InChI=1S/C18H22N6/c1-12(2)18-22-21-17-11-23(8-9-24(17)18)10-16-13(3)19-14-6-4-5-7-15(14)20-16/h4-7,12H,8-11H2,1-3H3. The summed E-state index contributed by atoms with van der Waals surface area (Å²) in [5, 5.41) is 8.73. The number of para-hydroxylation sites is 2. The molecule has 0 unspecified atom stereocenters. The van der Waals surface area contributed by atoms with Crippen LogP contribution in [0.3, 0.4) is 0 Å². The molecule has 3 heterocycles. The lowest BCUT2D eigenvalue weighted by atomic mass is 10.2. The number of fused-ring (bicyclic) bond motifs is 2. The normalized spacial score (nSPS) is 15.2. The van der Waals surface area contributed by atoms with E-state index in [0.717, 1.165) is 60.2 Å². The average molecular weight is 322 g/mol. The van der Waals surface area contributed by atoms with Gasteiger partial charge in [0.2, 0.25) is 0 Å². The topological polar surface area (TPSA) is 59.7 Å². The Kier molecular flexibility index (Phi) is 3.76. The van der Waals surface area contributed by atoms with E-state index in [1.807, 2.05) is 31.2 Å². The predicted molar refractivity (Wildman–Crippen MR) is 92.5 cm³/mol. The maximum absolute atomic E-state index is 4.81. The number of hydrogen-bond donors (Lipinski definition) is 0. The fourth-order valence-electron chi connectivity index (χ4n) is 3.28. The van der Waals surface area contributed by atoms with Crippen molar-refractivity contribution in [3.8, 4) is 0 Å². The third kappa shape index (κ3) is 2.67. The van der Waals surface area contributed by atoms with Crippen LogP contribution in [0.2, 0.25) is 0 Å². The monoisotopic (exact) mass is 322 g/mol. The highest BCUT2D eigenvalue weighted by Crippen LogP contribution is 2.20. The Balaban J connectivity index is 1.57. The molecule has 0 radical (unpaired) electrons. The lowest BCUT2D eigenvalue weighted by Gasteiger charge is -2.28. The molecule has 1 aliphatic heterocycles. The van der Waals surface area contributed by atoms with Gasteiger partial charge < -0.3 is 4.57 Å². The van der Waals surface area contributed by atoms with Crippen molar-refractivity contribution in [1.29, 1.82) is 0 Å². The molecule has 4 rings (SSSR count). The highest BCUT2D eigenvalue weighted by Gasteiger charge is 2.23. The van der Waals surface area contributed by atoms with E-state index in [0.29, 0.717) is 5.92 Å². The number of nitrogens with zero attached hydrogens (tertiary/aromatic N) is 6. The van der Waals surface area contributed by atoms with Crippen molar-refractivity contribution in [3.63, 3.8) is 0 Å². The van der Waals surface area contributed by atoms with Crippen molar-refractivity contribution in [2.45, 2.75) is 46.3 Å². The van der Waals surface area contributed by atoms with Crippen LogP contribution in [0.5, 0.6) is 0 Å². The molecule has 0 saturated heterocycles. The SMILES string of the molecule is Cc1nc2ccccc2nc1CN1CCn2c(nnc2C(C)C)C1. The van der Waals surface area contributed by atoms with Gasteiger partial charge in [0, 0.05) is 25.6 Å². The molecule has 6 heteroatoms. The van der Waals surface area contributed by atoms with E-state index in [1.165, 1.54) is 0 Å². The van der Waals surface area contributed by atoms with Crippen LogP contribution in [0.1, 0.15) is 42.8 Å². The lowest BCUT2D eigenvalue weighted by Crippen LogP contribution is -2.34. The Hall–Kier alpha value is -2.34. The summed E-state index contributed by atoms with van der Waals surface area (Å²) in [4.78, 5) is 11.9. The highest BCUT2D eigenvalue weighted by atomic mass is 15.3. The number of aromatic nitrogens is 5. The molecule has 6 nitrogen and oxygen atoms in total. The molecule has 0 bridgehead atoms. The van der Waals surface area contributed by atoms with E-state index in [2.05, 4.69) is 33.5 Å². The summed E-state index contributed by atoms with van der Waals surface area (Å²) in [6.45, 7) is 9.91. The predicted octanol–water partition coefficient (Wildman–Crippen LogP) is 2.67. The molecule has 124 valence electrons. The van der Waals surface area contributed by atoms with Gasteiger partial charge in [0.1, 0.15) is 11.6 Å². The van der Waals surface area contributed by atoms with Crippen molar-refractivity contribution in [3.05, 3.63) is 47.3 Å². The Morgan fingerprint density at radius 1 is 1.04 bits per heavy atom. The first kappa shape index (κ1) is 15.2. The molecule has 3 aromatic rings. The van der Waals surface area contributed by atoms with Crippen molar-refractivity contribution >= 4 is 11.0 Å². The molecule has 0 atom stereocenters. The second-order valence-electron chi connectivity index (χ2n) is 6.74. The fourth-order valence-corrected chi connectivity index (χ4v) is 3.28. The van der Waals surface area contributed by atoms with E-state index in [4.69, 9.17) is 9.97 Å². The summed E-state index contributed by atoms with van der Waals surface area (Å²) in [7, 11) is 0. The number of aryl methyl sites for hydroxylation is 1. The summed E-state index contributed by atoms with van der Waals surface area (Å²) in [5.41, 5.74) is 3.97. The van der Waals surface area contributed by atoms with E-state index < -0.39 is 0 Å². The summed E-state index contributed by atoms with van der Waals surface area (Å²) >= 11 is 0. The van der Waals surface area contributed by atoms with Crippen LogP contribution >= 0.6 is 0 Å². The van der Waals surface area contributed by atoms with Gasteiger partial charge in [-0.1, -0.05) is 26.0 Å². The molecule has 1 aliphatic rings. The van der Waals surface area contributed by atoms with Gasteiger partial charge in [-0.3, -0.25) is 4.90 Å². The number of benzene rings is 1. The molecule has 0 amide bonds. The van der Waals surface area contributed by atoms with Gasteiger partial charge in [0.05, 0.1) is 29.0 Å². The first-order valence-electron chi connectivity index (χ1n) is 8.48. The van der Waals surface area contributed by atoms with E-state index >= 15 is 0 Å². The third-order valence-corrected chi connectivity index (χ3v) is 4.59. The van der Waals surface area contributed by atoms with Crippen LogP contribution in [0.15, 0.2) is 24.3 Å². The average Bonchev–Trinajstić information content (AvgIpc) is 2.99. The molecule has 0 spiro atoms. The van der Waals surface area contributed by atoms with E-state index in [9.17, 15) is 0 Å². The van der Waals surface area contributed by atoms with Crippen molar-refractivity contribution in [1.82, 2.24) is 29.6 Å². The minimum Gasteiger partial charge on any atom is -0.312 e. The van der Waals surface area contributed by atoms with Crippen LogP contribution in [0, 0.1) is 6.92 Å². The van der Waals surface area contributed by atoms with Gasteiger partial charge >= 0.3 is 0 Å². The Morgan fingerprint density at radius 2 is 1.79 bits per heavy atom. The molecule has 0 aliphatic carbocycles. The summed E-state index contributed by atoms with van der Waals surface area (Å²) in [5.74, 6) is 2.55. The second kappa shape index (κ2) is 5.94. The van der Waals surface area contributed by atoms with Crippen LogP contribution in [-0.4, -0.2) is 36.2 Å². The molecule has 2 aromatic heterocycles. The maximum atomic E-state index is 4.81. The van der Waals surface area contributed by atoms with E-state index in [1.54, 1.807) is 0 Å². The van der Waals surface area contributed by atoms with E-state index in [-0.39, 0.29) is 0 Å². The molecule has 0 saturated carbocycles.